The lowest BCUT2D eigenvalue weighted by Crippen LogP contribution is -2.45. The molecule has 0 bridgehead atoms. The summed E-state index contributed by atoms with van der Waals surface area (Å²) in [6, 6.07) is -0.208. The van der Waals surface area contributed by atoms with E-state index in [0.717, 1.165) is 32.1 Å². The van der Waals surface area contributed by atoms with E-state index in [1.165, 1.54) is 0 Å². The van der Waals surface area contributed by atoms with Crippen LogP contribution in [0.3, 0.4) is 0 Å². The number of amides is 2. The largest absolute Gasteiger partial charge is 0.388 e. The summed E-state index contributed by atoms with van der Waals surface area (Å²) >= 11 is 0. The molecule has 0 aromatic carbocycles. The molecule has 1 saturated carbocycles. The van der Waals surface area contributed by atoms with Crippen molar-refractivity contribution >= 4 is 6.03 Å². The molecule has 106 valence electrons. The van der Waals surface area contributed by atoms with Crippen LogP contribution in [0.1, 0.15) is 46.0 Å². The number of nitrogens with one attached hydrogen (secondary N) is 2. The predicted octanol–water partition coefficient (Wildman–Crippen LogP) is 1.41. The highest BCUT2D eigenvalue weighted by atomic mass is 16.5. The highest BCUT2D eigenvalue weighted by molar-refractivity contribution is 5.73. The lowest BCUT2D eigenvalue weighted by molar-refractivity contribution is 0.0500. The molecule has 5 heteroatoms. The molecule has 0 heterocycles. The molecule has 5 nitrogen and oxygen atoms in total. The smallest absolute Gasteiger partial charge is 0.314 e. The molecule has 0 atom stereocenters. The molecule has 0 aliphatic heterocycles. The molecular weight excluding hydrogens is 232 g/mol. The summed E-state index contributed by atoms with van der Waals surface area (Å²) in [7, 11) is 0. The third kappa shape index (κ3) is 6.21. The molecule has 2 amide bonds. The van der Waals surface area contributed by atoms with Gasteiger partial charge in [-0.25, -0.2) is 4.79 Å². The SMILES string of the molecule is CC(C)OCCCNC(=O)NCC1(O)CCCC1. The average Bonchev–Trinajstić information content (AvgIpc) is 2.73. The Hall–Kier alpha value is -0.810. The Morgan fingerprint density at radius 3 is 2.61 bits per heavy atom. The predicted molar refractivity (Wildman–Crippen MR) is 70.5 cm³/mol. The first-order valence-electron chi connectivity index (χ1n) is 6.87. The maximum atomic E-state index is 11.5. The van der Waals surface area contributed by atoms with Gasteiger partial charge in [0.1, 0.15) is 0 Å². The van der Waals surface area contributed by atoms with E-state index in [-0.39, 0.29) is 12.1 Å². The fraction of sp³-hybridized carbons (Fsp3) is 0.923. The van der Waals surface area contributed by atoms with Crippen molar-refractivity contribution in [2.45, 2.75) is 57.7 Å². The summed E-state index contributed by atoms with van der Waals surface area (Å²) in [5.41, 5.74) is -0.682. The van der Waals surface area contributed by atoms with Gasteiger partial charge in [0, 0.05) is 19.7 Å². The van der Waals surface area contributed by atoms with E-state index < -0.39 is 5.60 Å². The van der Waals surface area contributed by atoms with Gasteiger partial charge in [-0.1, -0.05) is 12.8 Å². The van der Waals surface area contributed by atoms with Gasteiger partial charge in [0.2, 0.25) is 0 Å². The van der Waals surface area contributed by atoms with Crippen molar-refractivity contribution in [2.75, 3.05) is 19.7 Å². The molecule has 1 aliphatic carbocycles. The number of carbonyl (C=O) groups is 1. The van der Waals surface area contributed by atoms with Crippen molar-refractivity contribution in [1.82, 2.24) is 10.6 Å². The van der Waals surface area contributed by atoms with Crippen molar-refractivity contribution in [3.05, 3.63) is 0 Å². The van der Waals surface area contributed by atoms with Gasteiger partial charge in [0.25, 0.3) is 0 Å². The second-order valence-electron chi connectivity index (χ2n) is 5.31. The first-order chi connectivity index (χ1) is 8.52. The molecule has 18 heavy (non-hydrogen) atoms. The van der Waals surface area contributed by atoms with Crippen molar-refractivity contribution in [2.24, 2.45) is 0 Å². The summed E-state index contributed by atoms with van der Waals surface area (Å²) in [5, 5.41) is 15.5. The molecule has 0 saturated heterocycles. The monoisotopic (exact) mass is 258 g/mol. The third-order valence-corrected chi connectivity index (χ3v) is 3.17. The van der Waals surface area contributed by atoms with E-state index in [2.05, 4.69) is 10.6 Å². The Bertz CT molecular complexity index is 251. The molecule has 0 aromatic heterocycles. The quantitative estimate of drug-likeness (QED) is 0.605. The lowest BCUT2D eigenvalue weighted by Gasteiger charge is -2.22. The molecule has 3 N–H and O–H groups in total. The van der Waals surface area contributed by atoms with E-state index in [9.17, 15) is 9.90 Å². The van der Waals surface area contributed by atoms with Crippen molar-refractivity contribution < 1.29 is 14.6 Å². The minimum absolute atomic E-state index is 0.208. The normalized spacial score (nSPS) is 18.0. The number of hydrogen-bond donors (Lipinski definition) is 3. The fourth-order valence-electron chi connectivity index (χ4n) is 2.11. The van der Waals surface area contributed by atoms with Gasteiger partial charge < -0.3 is 20.5 Å². The Labute approximate surface area is 109 Å². The highest BCUT2D eigenvalue weighted by Gasteiger charge is 2.31. The zero-order chi connectivity index (χ0) is 13.4. The number of ether oxygens (including phenoxy) is 1. The van der Waals surface area contributed by atoms with Crippen LogP contribution in [-0.2, 0) is 4.74 Å². The van der Waals surface area contributed by atoms with Crippen LogP contribution in [0.5, 0.6) is 0 Å². The summed E-state index contributed by atoms with van der Waals surface area (Å²) in [5.74, 6) is 0. The topological polar surface area (TPSA) is 70.6 Å². The zero-order valence-corrected chi connectivity index (χ0v) is 11.5. The second kappa shape index (κ2) is 7.59. The van der Waals surface area contributed by atoms with E-state index in [0.29, 0.717) is 19.7 Å². The molecule has 0 unspecified atom stereocenters. The number of aliphatic hydroxyl groups is 1. The average molecular weight is 258 g/mol. The van der Waals surface area contributed by atoms with E-state index in [1.807, 2.05) is 13.8 Å². The highest BCUT2D eigenvalue weighted by Crippen LogP contribution is 2.28. The van der Waals surface area contributed by atoms with Crippen molar-refractivity contribution in [3.8, 4) is 0 Å². The van der Waals surface area contributed by atoms with Gasteiger partial charge in [-0.2, -0.15) is 0 Å². The van der Waals surface area contributed by atoms with Gasteiger partial charge in [-0.3, -0.25) is 0 Å². The van der Waals surface area contributed by atoms with Gasteiger partial charge in [-0.05, 0) is 33.1 Å². The maximum Gasteiger partial charge on any atom is 0.314 e. The van der Waals surface area contributed by atoms with Crippen LogP contribution < -0.4 is 10.6 Å². The number of urea groups is 1. The minimum atomic E-state index is -0.682. The van der Waals surface area contributed by atoms with Gasteiger partial charge >= 0.3 is 6.03 Å². The van der Waals surface area contributed by atoms with Gasteiger partial charge in [0.15, 0.2) is 0 Å². The van der Waals surface area contributed by atoms with Gasteiger partial charge in [0.05, 0.1) is 11.7 Å². The summed E-state index contributed by atoms with van der Waals surface area (Å²) in [6.45, 7) is 5.57. The molecule has 1 rings (SSSR count). The Morgan fingerprint density at radius 1 is 1.33 bits per heavy atom. The second-order valence-corrected chi connectivity index (χ2v) is 5.31. The lowest BCUT2D eigenvalue weighted by atomic mass is 10.0. The summed E-state index contributed by atoms with van der Waals surface area (Å²) in [4.78, 5) is 11.5. The number of hydrogen-bond acceptors (Lipinski definition) is 3. The van der Waals surface area contributed by atoms with Crippen LogP contribution >= 0.6 is 0 Å². The summed E-state index contributed by atoms with van der Waals surface area (Å²) in [6.07, 6.45) is 4.70. The molecule has 1 aliphatic rings. The summed E-state index contributed by atoms with van der Waals surface area (Å²) < 4.78 is 5.37. The standard InChI is InChI=1S/C13H26N2O3/c1-11(2)18-9-5-8-14-12(16)15-10-13(17)6-3-4-7-13/h11,17H,3-10H2,1-2H3,(H2,14,15,16). The first-order valence-corrected chi connectivity index (χ1v) is 6.87. The fourth-order valence-corrected chi connectivity index (χ4v) is 2.11. The van der Waals surface area contributed by atoms with Crippen LogP contribution in [0.4, 0.5) is 4.79 Å². The van der Waals surface area contributed by atoms with E-state index >= 15 is 0 Å². The minimum Gasteiger partial charge on any atom is -0.388 e. The van der Waals surface area contributed by atoms with Crippen LogP contribution in [0.25, 0.3) is 0 Å². The number of carbonyl (C=O) groups excluding carboxylic acids is 1. The van der Waals surface area contributed by atoms with Gasteiger partial charge in [-0.15, -0.1) is 0 Å². The first kappa shape index (κ1) is 15.2. The zero-order valence-electron chi connectivity index (χ0n) is 11.5. The Morgan fingerprint density at radius 2 is 2.00 bits per heavy atom. The maximum absolute atomic E-state index is 11.5. The molecular formula is C13H26N2O3. The molecule has 0 radical (unpaired) electrons. The van der Waals surface area contributed by atoms with Crippen molar-refractivity contribution in [3.63, 3.8) is 0 Å². The molecule has 1 fully saturated rings. The van der Waals surface area contributed by atoms with E-state index in [1.54, 1.807) is 0 Å². The van der Waals surface area contributed by atoms with E-state index in [4.69, 9.17) is 4.74 Å². The Balaban J connectivity index is 2.00. The molecule has 0 spiro atoms. The number of rotatable bonds is 7. The molecule has 0 aromatic rings. The van der Waals surface area contributed by atoms with Crippen LogP contribution in [-0.4, -0.2) is 42.5 Å². The van der Waals surface area contributed by atoms with Crippen LogP contribution in [0, 0.1) is 0 Å². The Kier molecular flexibility index (Phi) is 6.43. The van der Waals surface area contributed by atoms with Crippen LogP contribution in [0.2, 0.25) is 0 Å². The third-order valence-electron chi connectivity index (χ3n) is 3.17. The van der Waals surface area contributed by atoms with Crippen LogP contribution in [0.15, 0.2) is 0 Å². The van der Waals surface area contributed by atoms with Crippen molar-refractivity contribution in [1.29, 1.82) is 0 Å².